The van der Waals surface area contributed by atoms with E-state index in [0.29, 0.717) is 26.2 Å². The van der Waals surface area contributed by atoms with Crippen LogP contribution in [0.5, 0.6) is 0 Å². The van der Waals surface area contributed by atoms with Gasteiger partial charge in [-0.2, -0.15) is 13.2 Å². The van der Waals surface area contributed by atoms with Crippen LogP contribution in [0.2, 0.25) is 0 Å². The van der Waals surface area contributed by atoms with Gasteiger partial charge in [-0.1, -0.05) is 12.1 Å². The normalized spacial score (nSPS) is 16.7. The number of halogens is 3. The van der Waals surface area contributed by atoms with Crippen LogP contribution in [0.15, 0.2) is 24.3 Å². The third-order valence-corrected chi connectivity index (χ3v) is 2.81. The molecule has 0 spiro atoms. The molecule has 0 N–H and O–H groups in total. The summed E-state index contributed by atoms with van der Waals surface area (Å²) in [4.78, 5) is 13.5. The van der Waals surface area contributed by atoms with Gasteiger partial charge in [0.1, 0.15) is 0 Å². The minimum atomic E-state index is -4.51. The number of nitrogens with zero attached hydrogens (tertiary/aromatic N) is 2. The van der Waals surface area contributed by atoms with Gasteiger partial charge in [-0.3, -0.25) is 4.79 Å². The van der Waals surface area contributed by atoms with Gasteiger partial charge in [-0.05, 0) is 12.1 Å². The Hall–Kier alpha value is -1.56. The van der Waals surface area contributed by atoms with Crippen LogP contribution < -0.4 is 5.32 Å². The molecular formula is C12H12F3N2O. The number of carbonyl (C=O) groups is 1. The molecule has 1 aliphatic heterocycles. The van der Waals surface area contributed by atoms with E-state index in [2.05, 4.69) is 5.32 Å². The fourth-order valence-electron chi connectivity index (χ4n) is 1.90. The molecule has 0 saturated carbocycles. The molecule has 1 aliphatic rings. The first-order valence-electron chi connectivity index (χ1n) is 5.59. The highest BCUT2D eigenvalue weighted by Gasteiger charge is 2.36. The number of hydrogen-bond donors (Lipinski definition) is 0. The summed E-state index contributed by atoms with van der Waals surface area (Å²) in [5.74, 6) is -0.571. The zero-order valence-electron chi connectivity index (χ0n) is 9.57. The van der Waals surface area contributed by atoms with Crippen LogP contribution in [-0.2, 0) is 6.18 Å². The summed E-state index contributed by atoms with van der Waals surface area (Å²) in [5.41, 5.74) is -1.16. The van der Waals surface area contributed by atoms with Crippen molar-refractivity contribution in [1.82, 2.24) is 10.2 Å². The molecule has 1 aromatic carbocycles. The number of carbonyl (C=O) groups excluding carboxylic acids is 1. The van der Waals surface area contributed by atoms with Gasteiger partial charge in [-0.15, -0.1) is 0 Å². The molecule has 1 heterocycles. The fourth-order valence-corrected chi connectivity index (χ4v) is 1.90. The lowest BCUT2D eigenvalue weighted by Crippen LogP contribution is -2.44. The topological polar surface area (TPSA) is 34.4 Å². The molecule has 97 valence electrons. The van der Waals surface area contributed by atoms with Crippen LogP contribution in [0, 0.1) is 0 Å². The highest BCUT2D eigenvalue weighted by Crippen LogP contribution is 2.32. The molecular weight excluding hydrogens is 245 g/mol. The van der Waals surface area contributed by atoms with Crippen molar-refractivity contribution in [2.45, 2.75) is 6.18 Å². The van der Waals surface area contributed by atoms with Crippen molar-refractivity contribution in [1.29, 1.82) is 0 Å². The van der Waals surface area contributed by atoms with Crippen LogP contribution >= 0.6 is 0 Å². The van der Waals surface area contributed by atoms with Crippen molar-refractivity contribution in [3.63, 3.8) is 0 Å². The molecule has 0 bridgehead atoms. The number of piperazine rings is 1. The summed E-state index contributed by atoms with van der Waals surface area (Å²) < 4.78 is 38.4. The van der Waals surface area contributed by atoms with Gasteiger partial charge in [0.05, 0.1) is 11.1 Å². The maximum Gasteiger partial charge on any atom is 0.417 e. The Balaban J connectivity index is 2.30. The molecule has 3 nitrogen and oxygen atoms in total. The minimum Gasteiger partial charge on any atom is -0.336 e. The molecule has 18 heavy (non-hydrogen) atoms. The van der Waals surface area contributed by atoms with E-state index in [1.165, 1.54) is 23.1 Å². The first-order chi connectivity index (χ1) is 8.50. The highest BCUT2D eigenvalue weighted by atomic mass is 19.4. The maximum atomic E-state index is 12.8. The van der Waals surface area contributed by atoms with E-state index >= 15 is 0 Å². The summed E-state index contributed by atoms with van der Waals surface area (Å²) in [6.45, 7) is 1.73. The van der Waals surface area contributed by atoms with Crippen LogP contribution in [0.3, 0.4) is 0 Å². The lowest BCUT2D eigenvalue weighted by atomic mass is 10.1. The predicted molar refractivity (Wildman–Crippen MR) is 59.2 cm³/mol. The molecule has 0 atom stereocenters. The van der Waals surface area contributed by atoms with E-state index in [4.69, 9.17) is 0 Å². The fraction of sp³-hybridized carbons (Fsp3) is 0.417. The molecule has 1 radical (unpaired) electrons. The van der Waals surface area contributed by atoms with Gasteiger partial charge < -0.3 is 4.90 Å². The predicted octanol–water partition coefficient (Wildman–Crippen LogP) is 1.77. The Bertz CT molecular complexity index is 439. The number of benzene rings is 1. The molecule has 1 amide bonds. The average molecular weight is 257 g/mol. The molecule has 1 saturated heterocycles. The van der Waals surface area contributed by atoms with E-state index < -0.39 is 17.6 Å². The number of alkyl halides is 3. The van der Waals surface area contributed by atoms with Crippen molar-refractivity contribution in [3.05, 3.63) is 35.4 Å². The third-order valence-electron chi connectivity index (χ3n) is 2.81. The summed E-state index contributed by atoms with van der Waals surface area (Å²) in [6, 6.07) is 4.88. The quantitative estimate of drug-likeness (QED) is 0.755. The van der Waals surface area contributed by atoms with E-state index in [-0.39, 0.29) is 5.56 Å². The molecule has 2 rings (SSSR count). The second-order valence-electron chi connectivity index (χ2n) is 4.01. The Morgan fingerprint density at radius 1 is 1.17 bits per heavy atom. The van der Waals surface area contributed by atoms with Gasteiger partial charge >= 0.3 is 6.18 Å². The number of hydrogen-bond acceptors (Lipinski definition) is 1. The molecule has 1 fully saturated rings. The van der Waals surface area contributed by atoms with Gasteiger partial charge in [0.25, 0.3) is 5.91 Å². The summed E-state index contributed by atoms with van der Waals surface area (Å²) in [7, 11) is 0. The molecule has 0 aliphatic carbocycles. The number of rotatable bonds is 1. The lowest BCUT2D eigenvalue weighted by molar-refractivity contribution is -0.138. The van der Waals surface area contributed by atoms with Gasteiger partial charge in [0.15, 0.2) is 0 Å². The van der Waals surface area contributed by atoms with Crippen molar-refractivity contribution < 1.29 is 18.0 Å². The largest absolute Gasteiger partial charge is 0.417 e. The van der Waals surface area contributed by atoms with Crippen molar-refractivity contribution in [2.75, 3.05) is 26.2 Å². The van der Waals surface area contributed by atoms with Crippen molar-refractivity contribution in [3.8, 4) is 0 Å². The van der Waals surface area contributed by atoms with E-state index in [1.807, 2.05) is 0 Å². The van der Waals surface area contributed by atoms with E-state index in [0.717, 1.165) is 6.07 Å². The molecule has 0 aromatic heterocycles. The second-order valence-corrected chi connectivity index (χ2v) is 4.01. The maximum absolute atomic E-state index is 12.8. The minimum absolute atomic E-state index is 0.285. The van der Waals surface area contributed by atoms with Crippen LogP contribution in [-0.4, -0.2) is 37.0 Å². The first-order valence-corrected chi connectivity index (χ1v) is 5.59. The van der Waals surface area contributed by atoms with E-state index in [1.54, 1.807) is 0 Å². The average Bonchev–Trinajstić information content (AvgIpc) is 2.38. The lowest BCUT2D eigenvalue weighted by Gasteiger charge is -2.27. The summed E-state index contributed by atoms with van der Waals surface area (Å²) in [6.07, 6.45) is -4.51. The van der Waals surface area contributed by atoms with Crippen LogP contribution in [0.25, 0.3) is 0 Å². The Morgan fingerprint density at radius 2 is 1.78 bits per heavy atom. The van der Waals surface area contributed by atoms with Crippen molar-refractivity contribution >= 4 is 5.91 Å². The molecule has 0 unspecified atom stereocenters. The Morgan fingerprint density at radius 3 is 2.39 bits per heavy atom. The zero-order valence-corrected chi connectivity index (χ0v) is 9.57. The summed E-state index contributed by atoms with van der Waals surface area (Å²) in [5, 5.41) is 4.06. The molecule has 1 aromatic rings. The highest BCUT2D eigenvalue weighted by molar-refractivity contribution is 5.96. The smallest absolute Gasteiger partial charge is 0.336 e. The van der Waals surface area contributed by atoms with Gasteiger partial charge in [-0.25, -0.2) is 5.32 Å². The van der Waals surface area contributed by atoms with Crippen molar-refractivity contribution in [2.24, 2.45) is 0 Å². The van der Waals surface area contributed by atoms with Crippen LogP contribution in [0.4, 0.5) is 13.2 Å². The number of amides is 1. The van der Waals surface area contributed by atoms with Gasteiger partial charge in [0.2, 0.25) is 0 Å². The standard InChI is InChI=1S/C12H12F3N2O/c13-12(14,15)10-4-2-1-3-9(10)11(18)17-7-5-16-6-8-17/h1-4H,5-8H2. The zero-order chi connectivity index (χ0) is 13.2. The monoisotopic (exact) mass is 257 g/mol. The second kappa shape index (κ2) is 4.97. The van der Waals surface area contributed by atoms with E-state index in [9.17, 15) is 18.0 Å². The Kier molecular flexibility index (Phi) is 3.56. The molecule has 6 heteroatoms. The first kappa shape index (κ1) is 12.9. The Labute approximate surface area is 103 Å². The van der Waals surface area contributed by atoms with Crippen LogP contribution in [0.1, 0.15) is 15.9 Å². The summed E-state index contributed by atoms with van der Waals surface area (Å²) >= 11 is 0. The third kappa shape index (κ3) is 2.64. The van der Waals surface area contributed by atoms with Gasteiger partial charge in [0, 0.05) is 26.2 Å². The SMILES string of the molecule is O=C(c1ccccc1C(F)(F)F)N1CC[N]CC1.